The fourth-order valence-corrected chi connectivity index (χ4v) is 2.07. The zero-order valence-electron chi connectivity index (χ0n) is 9.74. The van der Waals surface area contributed by atoms with Crippen LogP contribution in [0.1, 0.15) is 5.56 Å². The van der Waals surface area contributed by atoms with Crippen molar-refractivity contribution in [3.05, 3.63) is 44.8 Å². The first-order chi connectivity index (χ1) is 8.65. The molecule has 2 rings (SSSR count). The quantitative estimate of drug-likeness (QED) is 0.903. The predicted octanol–water partition coefficient (Wildman–Crippen LogP) is 1.67. The minimum absolute atomic E-state index is 0.176. The van der Waals surface area contributed by atoms with Gasteiger partial charge in [-0.3, -0.25) is 4.79 Å². The van der Waals surface area contributed by atoms with E-state index in [1.807, 2.05) is 12.1 Å². The van der Waals surface area contributed by atoms with Crippen molar-refractivity contribution >= 4 is 15.9 Å². The van der Waals surface area contributed by atoms with Gasteiger partial charge in [0.2, 0.25) is 0 Å². The molecule has 1 heterocycles. The first kappa shape index (κ1) is 12.8. The molecule has 2 aromatic rings. The summed E-state index contributed by atoms with van der Waals surface area (Å²) >= 11 is 3.39. The second kappa shape index (κ2) is 5.32. The van der Waals surface area contributed by atoms with Crippen molar-refractivity contribution < 1.29 is 4.74 Å². The van der Waals surface area contributed by atoms with Crippen LogP contribution in [-0.4, -0.2) is 17.1 Å². The first-order valence-corrected chi connectivity index (χ1v) is 6.07. The summed E-state index contributed by atoms with van der Waals surface area (Å²) in [4.78, 5) is 18.5. The molecule has 0 spiro atoms. The van der Waals surface area contributed by atoms with E-state index in [9.17, 15) is 4.79 Å². The zero-order chi connectivity index (χ0) is 13.1. The van der Waals surface area contributed by atoms with Gasteiger partial charge in [-0.1, -0.05) is 0 Å². The summed E-state index contributed by atoms with van der Waals surface area (Å²) in [7, 11) is 1.59. The average Bonchev–Trinajstić information content (AvgIpc) is 2.38. The van der Waals surface area contributed by atoms with Crippen molar-refractivity contribution in [1.29, 1.82) is 0 Å². The molecular formula is C12H12BrN3O2. The maximum Gasteiger partial charge on any atom is 0.255 e. The fourth-order valence-electron chi connectivity index (χ4n) is 1.53. The van der Waals surface area contributed by atoms with Crippen LogP contribution in [0.25, 0.3) is 11.4 Å². The molecule has 0 fully saturated rings. The monoisotopic (exact) mass is 309 g/mol. The van der Waals surface area contributed by atoms with Crippen LogP contribution >= 0.6 is 15.9 Å². The second-order valence-corrected chi connectivity index (χ2v) is 4.49. The highest BCUT2D eigenvalue weighted by atomic mass is 79.9. The lowest BCUT2D eigenvalue weighted by Crippen LogP contribution is -2.17. The minimum Gasteiger partial charge on any atom is -0.496 e. The average molecular weight is 310 g/mol. The highest BCUT2D eigenvalue weighted by Crippen LogP contribution is 2.28. The van der Waals surface area contributed by atoms with Gasteiger partial charge >= 0.3 is 0 Å². The van der Waals surface area contributed by atoms with Crippen molar-refractivity contribution in [1.82, 2.24) is 9.97 Å². The van der Waals surface area contributed by atoms with Gasteiger partial charge in [-0.2, -0.15) is 0 Å². The Labute approximate surface area is 112 Å². The summed E-state index contributed by atoms with van der Waals surface area (Å²) in [5, 5.41) is 0. The van der Waals surface area contributed by atoms with Gasteiger partial charge in [0.1, 0.15) is 11.6 Å². The van der Waals surface area contributed by atoms with Crippen molar-refractivity contribution in [3.8, 4) is 17.1 Å². The SMILES string of the molecule is COc1ccc(-c2ncc(CN)c(=O)[nH]2)cc1Br. The number of nitrogens with zero attached hydrogens (tertiary/aromatic N) is 1. The van der Waals surface area contributed by atoms with E-state index in [1.54, 1.807) is 13.2 Å². The van der Waals surface area contributed by atoms with Crippen LogP contribution in [0, 0.1) is 0 Å². The van der Waals surface area contributed by atoms with E-state index in [0.29, 0.717) is 11.4 Å². The number of ether oxygens (including phenoxy) is 1. The van der Waals surface area contributed by atoms with Crippen molar-refractivity contribution in [2.75, 3.05) is 7.11 Å². The summed E-state index contributed by atoms with van der Waals surface area (Å²) < 4.78 is 5.94. The standard InChI is InChI=1S/C12H12BrN3O2/c1-18-10-3-2-7(4-9(10)13)11-15-6-8(5-14)12(17)16-11/h2-4,6H,5,14H2,1H3,(H,15,16,17). The number of nitrogens with one attached hydrogen (secondary N) is 1. The van der Waals surface area contributed by atoms with Crippen LogP contribution in [0.4, 0.5) is 0 Å². The van der Waals surface area contributed by atoms with Crippen molar-refractivity contribution in [2.24, 2.45) is 5.73 Å². The molecule has 1 aromatic heterocycles. The molecule has 5 nitrogen and oxygen atoms in total. The van der Waals surface area contributed by atoms with Crippen LogP contribution in [0.3, 0.4) is 0 Å². The molecular weight excluding hydrogens is 298 g/mol. The lowest BCUT2D eigenvalue weighted by Gasteiger charge is -2.06. The molecule has 3 N–H and O–H groups in total. The Morgan fingerprint density at radius 1 is 1.50 bits per heavy atom. The normalized spacial score (nSPS) is 10.4. The zero-order valence-corrected chi connectivity index (χ0v) is 11.3. The number of rotatable bonds is 3. The molecule has 0 bridgehead atoms. The van der Waals surface area contributed by atoms with E-state index in [-0.39, 0.29) is 12.1 Å². The highest BCUT2D eigenvalue weighted by Gasteiger charge is 2.06. The Morgan fingerprint density at radius 2 is 2.28 bits per heavy atom. The number of hydrogen-bond acceptors (Lipinski definition) is 4. The van der Waals surface area contributed by atoms with E-state index in [1.165, 1.54) is 6.20 Å². The number of hydrogen-bond donors (Lipinski definition) is 2. The molecule has 0 aliphatic carbocycles. The Morgan fingerprint density at radius 3 is 2.83 bits per heavy atom. The van der Waals surface area contributed by atoms with Crippen molar-refractivity contribution in [2.45, 2.75) is 6.54 Å². The smallest absolute Gasteiger partial charge is 0.255 e. The minimum atomic E-state index is -0.213. The molecule has 94 valence electrons. The number of nitrogens with two attached hydrogens (primary N) is 1. The van der Waals surface area contributed by atoms with Crippen LogP contribution in [0.15, 0.2) is 33.7 Å². The Balaban J connectivity index is 2.46. The number of benzene rings is 1. The fraction of sp³-hybridized carbons (Fsp3) is 0.167. The maximum atomic E-state index is 11.6. The molecule has 0 amide bonds. The summed E-state index contributed by atoms with van der Waals surface area (Å²) in [6.45, 7) is 0.176. The third kappa shape index (κ3) is 2.44. The predicted molar refractivity (Wildman–Crippen MR) is 72.4 cm³/mol. The number of methoxy groups -OCH3 is 1. The van der Waals surface area contributed by atoms with Crippen molar-refractivity contribution in [3.63, 3.8) is 0 Å². The van der Waals surface area contributed by atoms with E-state index in [0.717, 1.165) is 15.8 Å². The maximum absolute atomic E-state index is 11.6. The molecule has 0 saturated carbocycles. The number of aromatic amines is 1. The largest absolute Gasteiger partial charge is 0.496 e. The van der Waals surface area contributed by atoms with Crippen LogP contribution in [0.2, 0.25) is 0 Å². The van der Waals surface area contributed by atoms with Gasteiger partial charge in [0.05, 0.1) is 11.6 Å². The second-order valence-electron chi connectivity index (χ2n) is 3.64. The first-order valence-electron chi connectivity index (χ1n) is 5.28. The van der Waals surface area contributed by atoms with E-state index < -0.39 is 0 Å². The molecule has 1 aromatic carbocycles. The molecule has 0 unspecified atom stereocenters. The molecule has 0 radical (unpaired) electrons. The van der Waals surface area contributed by atoms with Gasteiger partial charge < -0.3 is 15.5 Å². The number of H-pyrrole nitrogens is 1. The van der Waals surface area contributed by atoms with Gasteiger partial charge in [0, 0.05) is 23.9 Å². The Bertz CT molecular complexity index is 625. The van der Waals surface area contributed by atoms with Gasteiger partial charge in [-0.05, 0) is 34.1 Å². The summed E-state index contributed by atoms with van der Waals surface area (Å²) in [6, 6.07) is 5.46. The van der Waals surface area contributed by atoms with Gasteiger partial charge in [0.25, 0.3) is 5.56 Å². The number of halogens is 1. The summed E-state index contributed by atoms with van der Waals surface area (Å²) in [6.07, 6.45) is 1.49. The summed E-state index contributed by atoms with van der Waals surface area (Å²) in [5.74, 6) is 1.22. The molecule has 0 aliphatic rings. The van der Waals surface area contributed by atoms with Crippen LogP contribution < -0.4 is 16.0 Å². The van der Waals surface area contributed by atoms with Gasteiger partial charge in [0.15, 0.2) is 0 Å². The summed E-state index contributed by atoms with van der Waals surface area (Å²) in [5.41, 5.74) is 6.46. The molecule has 0 aliphatic heterocycles. The lowest BCUT2D eigenvalue weighted by molar-refractivity contribution is 0.412. The van der Waals surface area contributed by atoms with E-state index in [2.05, 4.69) is 25.9 Å². The van der Waals surface area contributed by atoms with Gasteiger partial charge in [-0.25, -0.2) is 4.98 Å². The van der Waals surface area contributed by atoms with Crippen LogP contribution in [0.5, 0.6) is 5.75 Å². The Kier molecular flexibility index (Phi) is 3.78. The topological polar surface area (TPSA) is 81.0 Å². The third-order valence-electron chi connectivity index (χ3n) is 2.52. The Hall–Kier alpha value is -1.66. The highest BCUT2D eigenvalue weighted by molar-refractivity contribution is 9.10. The third-order valence-corrected chi connectivity index (χ3v) is 3.14. The molecule has 6 heteroatoms. The number of aromatic nitrogens is 2. The molecule has 18 heavy (non-hydrogen) atoms. The van der Waals surface area contributed by atoms with E-state index >= 15 is 0 Å². The molecule has 0 atom stereocenters. The molecule has 0 saturated heterocycles. The van der Waals surface area contributed by atoms with Crippen LogP contribution in [-0.2, 0) is 6.54 Å². The van der Waals surface area contributed by atoms with Gasteiger partial charge in [-0.15, -0.1) is 0 Å². The van der Waals surface area contributed by atoms with E-state index in [4.69, 9.17) is 10.5 Å². The lowest BCUT2D eigenvalue weighted by atomic mass is 10.2.